The Morgan fingerprint density at radius 3 is 2.45 bits per heavy atom. The lowest BCUT2D eigenvalue weighted by Crippen LogP contribution is -2.31. The zero-order chi connectivity index (χ0) is 20.1. The number of nitro benzene ring substituents is 1. The first kappa shape index (κ1) is 22.9. The third-order valence-electron chi connectivity index (χ3n) is 5.31. The molecule has 7 nitrogen and oxygen atoms in total. The fourth-order valence-corrected chi connectivity index (χ4v) is 3.49. The van der Waals surface area contributed by atoms with E-state index in [4.69, 9.17) is 15.2 Å². The maximum Gasteiger partial charge on any atom is 0.269 e. The average Bonchev–Trinajstić information content (AvgIpc) is 3.08. The van der Waals surface area contributed by atoms with E-state index in [1.165, 1.54) is 17.7 Å². The molecule has 1 unspecified atom stereocenters. The topological polar surface area (TPSA) is 90.9 Å². The number of hydrogen-bond acceptors (Lipinski definition) is 6. The van der Waals surface area contributed by atoms with Gasteiger partial charge in [0, 0.05) is 25.2 Å². The quantitative estimate of drug-likeness (QED) is 0.515. The predicted molar refractivity (Wildman–Crippen MR) is 115 cm³/mol. The molecule has 0 aromatic heterocycles. The van der Waals surface area contributed by atoms with Gasteiger partial charge in [-0.15, -0.1) is 12.4 Å². The largest absolute Gasteiger partial charge is 0.493 e. The van der Waals surface area contributed by atoms with Crippen LogP contribution in [0.25, 0.3) is 0 Å². The van der Waals surface area contributed by atoms with Crippen molar-refractivity contribution in [1.29, 1.82) is 0 Å². The van der Waals surface area contributed by atoms with Crippen LogP contribution in [-0.2, 0) is 13.2 Å². The molecule has 2 aromatic rings. The summed E-state index contributed by atoms with van der Waals surface area (Å²) in [6.07, 6.45) is 1.12. The van der Waals surface area contributed by atoms with E-state index in [-0.39, 0.29) is 23.5 Å². The van der Waals surface area contributed by atoms with Gasteiger partial charge in [-0.2, -0.15) is 0 Å². The molecule has 2 N–H and O–H groups in total. The van der Waals surface area contributed by atoms with Gasteiger partial charge in [-0.1, -0.05) is 13.0 Å². The Morgan fingerprint density at radius 2 is 1.86 bits per heavy atom. The van der Waals surface area contributed by atoms with Crippen LogP contribution in [0.5, 0.6) is 11.5 Å². The number of nitro groups is 1. The summed E-state index contributed by atoms with van der Waals surface area (Å²) in [7, 11) is 1.62. The summed E-state index contributed by atoms with van der Waals surface area (Å²) in [5.41, 5.74) is 8.19. The number of rotatable bonds is 8. The van der Waals surface area contributed by atoms with E-state index in [0.29, 0.717) is 24.7 Å². The normalized spacial score (nSPS) is 18.9. The number of ether oxygens (including phenoxy) is 2. The van der Waals surface area contributed by atoms with Crippen LogP contribution in [-0.4, -0.2) is 36.6 Å². The molecule has 0 spiro atoms. The third kappa shape index (κ3) is 5.82. The monoisotopic (exact) mass is 421 g/mol. The molecule has 0 saturated carbocycles. The van der Waals surface area contributed by atoms with Crippen LogP contribution in [0, 0.1) is 15.5 Å². The maximum absolute atomic E-state index is 10.7. The molecule has 0 bridgehead atoms. The molecule has 1 heterocycles. The van der Waals surface area contributed by atoms with Gasteiger partial charge in [0.05, 0.1) is 12.0 Å². The number of halogens is 1. The van der Waals surface area contributed by atoms with Crippen molar-refractivity contribution in [3.05, 3.63) is 63.7 Å². The minimum absolute atomic E-state index is 0. The molecule has 29 heavy (non-hydrogen) atoms. The van der Waals surface area contributed by atoms with E-state index >= 15 is 0 Å². The van der Waals surface area contributed by atoms with Gasteiger partial charge in [0.15, 0.2) is 11.5 Å². The van der Waals surface area contributed by atoms with E-state index < -0.39 is 4.92 Å². The van der Waals surface area contributed by atoms with Crippen molar-refractivity contribution in [2.75, 3.05) is 26.7 Å². The number of non-ortho nitro benzene ring substituents is 1. The van der Waals surface area contributed by atoms with Crippen LogP contribution in [0.4, 0.5) is 5.69 Å². The van der Waals surface area contributed by atoms with Gasteiger partial charge in [-0.3, -0.25) is 15.0 Å². The van der Waals surface area contributed by atoms with E-state index in [1.54, 1.807) is 19.2 Å². The summed E-state index contributed by atoms with van der Waals surface area (Å²) < 4.78 is 11.4. The summed E-state index contributed by atoms with van der Waals surface area (Å²) in [5, 5.41) is 10.7. The summed E-state index contributed by atoms with van der Waals surface area (Å²) in [6.45, 7) is 6.17. The Kier molecular flexibility index (Phi) is 7.84. The van der Waals surface area contributed by atoms with Gasteiger partial charge >= 0.3 is 0 Å². The Hall–Kier alpha value is -2.35. The molecule has 158 valence electrons. The van der Waals surface area contributed by atoms with Crippen molar-refractivity contribution in [3.63, 3.8) is 0 Å². The first-order valence-electron chi connectivity index (χ1n) is 9.38. The molecule has 8 heteroatoms. The van der Waals surface area contributed by atoms with Crippen LogP contribution in [0.1, 0.15) is 24.5 Å². The van der Waals surface area contributed by atoms with E-state index in [1.807, 2.05) is 18.2 Å². The fraction of sp³-hybridized carbons (Fsp3) is 0.429. The molecular formula is C21H28ClN3O4. The zero-order valence-electron chi connectivity index (χ0n) is 16.8. The number of hydrogen-bond donors (Lipinski definition) is 1. The number of nitrogens with two attached hydrogens (primary N) is 1. The highest BCUT2D eigenvalue weighted by molar-refractivity contribution is 5.85. The van der Waals surface area contributed by atoms with Crippen molar-refractivity contribution in [2.45, 2.75) is 26.5 Å². The number of benzene rings is 2. The van der Waals surface area contributed by atoms with Crippen LogP contribution in [0.15, 0.2) is 42.5 Å². The Morgan fingerprint density at radius 1 is 1.17 bits per heavy atom. The summed E-state index contributed by atoms with van der Waals surface area (Å²) in [4.78, 5) is 12.7. The van der Waals surface area contributed by atoms with Gasteiger partial charge < -0.3 is 15.2 Å². The minimum atomic E-state index is -0.414. The lowest BCUT2D eigenvalue weighted by atomic mass is 9.90. The second-order valence-electron chi connectivity index (χ2n) is 7.67. The van der Waals surface area contributed by atoms with Gasteiger partial charge in [0.2, 0.25) is 0 Å². The molecule has 1 atom stereocenters. The van der Waals surface area contributed by atoms with Gasteiger partial charge in [-0.05, 0) is 60.3 Å². The van der Waals surface area contributed by atoms with Crippen molar-refractivity contribution in [3.8, 4) is 11.5 Å². The van der Waals surface area contributed by atoms with Crippen molar-refractivity contribution < 1.29 is 14.4 Å². The third-order valence-corrected chi connectivity index (χ3v) is 5.31. The van der Waals surface area contributed by atoms with E-state index in [2.05, 4.69) is 11.8 Å². The first-order valence-corrected chi connectivity index (χ1v) is 9.38. The van der Waals surface area contributed by atoms with Crippen molar-refractivity contribution >= 4 is 18.1 Å². The first-order chi connectivity index (χ1) is 13.4. The Balaban J connectivity index is 0.00000300. The van der Waals surface area contributed by atoms with Crippen LogP contribution in [0.2, 0.25) is 0 Å². The SMILES string of the molecule is COc1cc(CN2CCC(C)(CN)C2)ccc1OCc1ccc([N+](=O)[O-])cc1.Cl. The molecule has 1 aliphatic rings. The molecule has 0 aliphatic carbocycles. The van der Waals surface area contributed by atoms with Crippen molar-refractivity contribution in [2.24, 2.45) is 11.1 Å². The predicted octanol–water partition coefficient (Wildman–Crippen LogP) is 3.77. The summed E-state index contributed by atoms with van der Waals surface area (Å²) in [5.74, 6) is 1.33. The molecule has 1 fully saturated rings. The molecule has 0 radical (unpaired) electrons. The highest BCUT2D eigenvalue weighted by atomic mass is 35.5. The number of likely N-dealkylation sites (tertiary alicyclic amines) is 1. The second kappa shape index (κ2) is 9.91. The van der Waals surface area contributed by atoms with E-state index in [0.717, 1.165) is 31.6 Å². The minimum Gasteiger partial charge on any atom is -0.493 e. The molecule has 2 aromatic carbocycles. The fourth-order valence-electron chi connectivity index (χ4n) is 3.49. The summed E-state index contributed by atoms with van der Waals surface area (Å²) >= 11 is 0. The maximum atomic E-state index is 10.7. The second-order valence-corrected chi connectivity index (χ2v) is 7.67. The smallest absolute Gasteiger partial charge is 0.269 e. The zero-order valence-corrected chi connectivity index (χ0v) is 17.6. The van der Waals surface area contributed by atoms with Crippen molar-refractivity contribution in [1.82, 2.24) is 4.90 Å². The number of methoxy groups -OCH3 is 1. The number of nitrogens with zero attached hydrogens (tertiary/aromatic N) is 2. The molecule has 0 amide bonds. The van der Waals surface area contributed by atoms with Gasteiger partial charge in [0.1, 0.15) is 6.61 Å². The molecule has 1 aliphatic heterocycles. The van der Waals surface area contributed by atoms with Gasteiger partial charge in [0.25, 0.3) is 5.69 Å². The standard InChI is InChI=1S/C21H27N3O4.ClH/c1-21(14-22)9-10-23(15-21)12-17-5-8-19(20(11-17)27-2)28-13-16-3-6-18(7-4-16)24(25)26;/h3-8,11H,9-10,12-15,22H2,1-2H3;1H. The van der Waals surface area contributed by atoms with Crippen LogP contribution in [0.3, 0.4) is 0 Å². The summed E-state index contributed by atoms with van der Waals surface area (Å²) in [6, 6.07) is 12.3. The van der Waals surface area contributed by atoms with Crippen LogP contribution >= 0.6 is 12.4 Å². The highest BCUT2D eigenvalue weighted by Gasteiger charge is 2.32. The lowest BCUT2D eigenvalue weighted by Gasteiger charge is -2.23. The molecule has 3 rings (SSSR count). The molecule has 1 saturated heterocycles. The van der Waals surface area contributed by atoms with Gasteiger partial charge in [-0.25, -0.2) is 0 Å². The lowest BCUT2D eigenvalue weighted by molar-refractivity contribution is -0.384. The van der Waals surface area contributed by atoms with E-state index in [9.17, 15) is 10.1 Å². The Bertz CT molecular complexity index is 831. The Labute approximate surface area is 177 Å². The highest BCUT2D eigenvalue weighted by Crippen LogP contribution is 2.32. The molecular weight excluding hydrogens is 394 g/mol. The van der Waals surface area contributed by atoms with Crippen LogP contribution < -0.4 is 15.2 Å². The average molecular weight is 422 g/mol.